The van der Waals surface area contributed by atoms with Gasteiger partial charge in [0.15, 0.2) is 0 Å². The van der Waals surface area contributed by atoms with Crippen LogP contribution in [0.5, 0.6) is 0 Å². The van der Waals surface area contributed by atoms with Crippen molar-refractivity contribution in [2.24, 2.45) is 5.73 Å². The molecule has 1 saturated heterocycles. The third kappa shape index (κ3) is 3.56. The Hall–Kier alpha value is -1.88. The van der Waals surface area contributed by atoms with Crippen molar-refractivity contribution < 1.29 is 9.59 Å². The lowest BCUT2D eigenvalue weighted by Crippen LogP contribution is -2.47. The van der Waals surface area contributed by atoms with Gasteiger partial charge in [0.1, 0.15) is 0 Å². The second-order valence-corrected chi connectivity index (χ2v) is 4.52. The molecule has 18 heavy (non-hydrogen) atoms. The molecular weight excluding hydrogens is 230 g/mol. The quantitative estimate of drug-likeness (QED) is 0.763. The monoisotopic (exact) mass is 247 g/mol. The van der Waals surface area contributed by atoms with Crippen molar-refractivity contribution in [2.45, 2.75) is 13.0 Å². The standard InChI is InChI=1S/C13H17N3O2/c14-12(17)7-10-1-3-11(4-2-10)8-16-6-5-15-13(18)9-16/h1-4H,5-9H2,(H2,14,17)(H,15,18). The van der Waals surface area contributed by atoms with Crippen molar-refractivity contribution in [3.8, 4) is 0 Å². The summed E-state index contributed by atoms with van der Waals surface area (Å²) in [6, 6.07) is 7.77. The lowest BCUT2D eigenvalue weighted by atomic mass is 10.1. The summed E-state index contributed by atoms with van der Waals surface area (Å²) in [5, 5.41) is 2.80. The Morgan fingerprint density at radius 1 is 1.28 bits per heavy atom. The highest BCUT2D eigenvalue weighted by Crippen LogP contribution is 2.08. The van der Waals surface area contributed by atoms with Crippen LogP contribution in [0.4, 0.5) is 0 Å². The zero-order valence-corrected chi connectivity index (χ0v) is 10.2. The molecule has 0 bridgehead atoms. The second kappa shape index (κ2) is 5.64. The van der Waals surface area contributed by atoms with E-state index in [1.54, 1.807) is 0 Å². The molecule has 0 atom stereocenters. The Morgan fingerprint density at radius 3 is 2.56 bits per heavy atom. The van der Waals surface area contributed by atoms with Gasteiger partial charge >= 0.3 is 0 Å². The molecule has 5 heteroatoms. The van der Waals surface area contributed by atoms with Crippen molar-refractivity contribution >= 4 is 11.8 Å². The van der Waals surface area contributed by atoms with E-state index in [2.05, 4.69) is 10.2 Å². The van der Waals surface area contributed by atoms with Crippen LogP contribution in [-0.4, -0.2) is 36.3 Å². The number of carbonyl (C=O) groups excluding carboxylic acids is 2. The zero-order valence-electron chi connectivity index (χ0n) is 10.2. The summed E-state index contributed by atoms with van der Waals surface area (Å²) >= 11 is 0. The summed E-state index contributed by atoms with van der Waals surface area (Å²) in [4.78, 5) is 24.1. The Balaban J connectivity index is 1.93. The maximum atomic E-state index is 11.2. The average molecular weight is 247 g/mol. The Labute approximate surface area is 106 Å². The molecule has 2 amide bonds. The number of piperazine rings is 1. The Bertz CT molecular complexity index is 442. The van der Waals surface area contributed by atoms with Gasteiger partial charge in [-0.3, -0.25) is 14.5 Å². The first-order valence-corrected chi connectivity index (χ1v) is 5.98. The van der Waals surface area contributed by atoms with E-state index in [1.807, 2.05) is 24.3 Å². The Morgan fingerprint density at radius 2 is 1.94 bits per heavy atom. The highest BCUT2D eigenvalue weighted by atomic mass is 16.2. The maximum Gasteiger partial charge on any atom is 0.234 e. The lowest BCUT2D eigenvalue weighted by molar-refractivity contribution is -0.124. The van der Waals surface area contributed by atoms with Gasteiger partial charge in [-0.15, -0.1) is 0 Å². The lowest BCUT2D eigenvalue weighted by Gasteiger charge is -2.26. The number of hydrogen-bond acceptors (Lipinski definition) is 3. The number of rotatable bonds is 4. The fourth-order valence-corrected chi connectivity index (χ4v) is 2.05. The molecular formula is C13H17N3O2. The molecule has 3 N–H and O–H groups in total. The molecule has 0 aliphatic carbocycles. The molecule has 0 unspecified atom stereocenters. The van der Waals surface area contributed by atoms with Crippen LogP contribution in [-0.2, 0) is 22.6 Å². The van der Waals surface area contributed by atoms with Gasteiger partial charge in [0.25, 0.3) is 0 Å². The summed E-state index contributed by atoms with van der Waals surface area (Å²) in [6.07, 6.45) is 0.270. The van der Waals surface area contributed by atoms with Crippen LogP contribution < -0.4 is 11.1 Å². The van der Waals surface area contributed by atoms with Gasteiger partial charge in [-0.05, 0) is 11.1 Å². The first-order chi connectivity index (χ1) is 8.63. The highest BCUT2D eigenvalue weighted by Gasteiger charge is 2.15. The van der Waals surface area contributed by atoms with E-state index in [9.17, 15) is 9.59 Å². The molecule has 1 heterocycles. The van der Waals surface area contributed by atoms with E-state index in [-0.39, 0.29) is 18.2 Å². The third-order valence-corrected chi connectivity index (χ3v) is 2.92. The summed E-state index contributed by atoms with van der Waals surface area (Å²) in [6.45, 7) is 2.78. The molecule has 0 spiro atoms. The number of nitrogens with two attached hydrogens (primary N) is 1. The number of primary amides is 1. The first kappa shape index (κ1) is 12.6. The maximum absolute atomic E-state index is 11.2. The highest BCUT2D eigenvalue weighted by molar-refractivity contribution is 5.78. The van der Waals surface area contributed by atoms with Crippen LogP contribution in [0.1, 0.15) is 11.1 Å². The molecule has 1 aromatic rings. The van der Waals surface area contributed by atoms with Gasteiger partial charge in [-0.1, -0.05) is 24.3 Å². The molecule has 0 saturated carbocycles. The number of nitrogens with one attached hydrogen (secondary N) is 1. The second-order valence-electron chi connectivity index (χ2n) is 4.52. The fourth-order valence-electron chi connectivity index (χ4n) is 2.05. The van der Waals surface area contributed by atoms with Crippen LogP contribution in [0.3, 0.4) is 0 Å². The summed E-state index contributed by atoms with van der Waals surface area (Å²) in [5.41, 5.74) is 7.19. The molecule has 0 radical (unpaired) electrons. The number of nitrogens with zero attached hydrogens (tertiary/aromatic N) is 1. The zero-order chi connectivity index (χ0) is 13.0. The molecule has 1 aliphatic rings. The molecule has 5 nitrogen and oxygen atoms in total. The SMILES string of the molecule is NC(=O)Cc1ccc(CN2CCNC(=O)C2)cc1. The van der Waals surface area contributed by atoms with E-state index in [1.165, 1.54) is 0 Å². The summed E-state index contributed by atoms with van der Waals surface area (Å²) < 4.78 is 0. The van der Waals surface area contributed by atoms with Crippen molar-refractivity contribution in [3.05, 3.63) is 35.4 Å². The topological polar surface area (TPSA) is 75.4 Å². The van der Waals surface area contributed by atoms with Crippen LogP contribution in [0, 0.1) is 0 Å². The summed E-state index contributed by atoms with van der Waals surface area (Å²) in [5.74, 6) is -0.248. The smallest absolute Gasteiger partial charge is 0.234 e. The number of amides is 2. The first-order valence-electron chi connectivity index (χ1n) is 5.98. The van der Waals surface area contributed by atoms with Crippen LogP contribution in [0.15, 0.2) is 24.3 Å². The minimum Gasteiger partial charge on any atom is -0.369 e. The van der Waals surface area contributed by atoms with E-state index in [4.69, 9.17) is 5.73 Å². The average Bonchev–Trinajstić information content (AvgIpc) is 2.31. The molecule has 0 aromatic heterocycles. The van der Waals surface area contributed by atoms with E-state index in [0.717, 1.165) is 24.2 Å². The van der Waals surface area contributed by atoms with Gasteiger partial charge in [0, 0.05) is 19.6 Å². The van der Waals surface area contributed by atoms with Crippen LogP contribution in [0.25, 0.3) is 0 Å². The van der Waals surface area contributed by atoms with E-state index in [0.29, 0.717) is 13.1 Å². The molecule has 1 aliphatic heterocycles. The van der Waals surface area contributed by atoms with Gasteiger partial charge in [0.05, 0.1) is 13.0 Å². The normalized spacial score (nSPS) is 16.3. The van der Waals surface area contributed by atoms with Crippen LogP contribution in [0.2, 0.25) is 0 Å². The van der Waals surface area contributed by atoms with Crippen molar-refractivity contribution in [3.63, 3.8) is 0 Å². The van der Waals surface area contributed by atoms with Crippen molar-refractivity contribution in [2.75, 3.05) is 19.6 Å². The van der Waals surface area contributed by atoms with Gasteiger partial charge < -0.3 is 11.1 Å². The Kier molecular flexibility index (Phi) is 3.94. The molecule has 1 fully saturated rings. The third-order valence-electron chi connectivity index (χ3n) is 2.92. The van der Waals surface area contributed by atoms with Gasteiger partial charge in [-0.2, -0.15) is 0 Å². The number of benzene rings is 1. The fraction of sp³-hybridized carbons (Fsp3) is 0.385. The van der Waals surface area contributed by atoms with E-state index >= 15 is 0 Å². The molecule has 96 valence electrons. The predicted octanol–water partition coefficient (Wildman–Crippen LogP) is -0.354. The minimum atomic E-state index is -0.324. The van der Waals surface area contributed by atoms with Crippen molar-refractivity contribution in [1.29, 1.82) is 0 Å². The van der Waals surface area contributed by atoms with Crippen LogP contribution >= 0.6 is 0 Å². The largest absolute Gasteiger partial charge is 0.369 e. The van der Waals surface area contributed by atoms with Gasteiger partial charge in [-0.25, -0.2) is 0 Å². The number of carbonyl (C=O) groups is 2. The van der Waals surface area contributed by atoms with E-state index < -0.39 is 0 Å². The molecule has 2 rings (SSSR count). The number of hydrogen-bond donors (Lipinski definition) is 2. The molecule has 1 aromatic carbocycles. The predicted molar refractivity (Wildman–Crippen MR) is 67.6 cm³/mol. The minimum absolute atomic E-state index is 0.0756. The summed E-state index contributed by atoms with van der Waals surface area (Å²) in [7, 11) is 0. The van der Waals surface area contributed by atoms with Crippen molar-refractivity contribution in [1.82, 2.24) is 10.2 Å². The van der Waals surface area contributed by atoms with Gasteiger partial charge in [0.2, 0.25) is 11.8 Å².